The fraction of sp³-hybridized carbons (Fsp3) is 0.581. The number of rotatable bonds is 19. The lowest BCUT2D eigenvalue weighted by Gasteiger charge is -2.00. The van der Waals surface area contributed by atoms with Crippen LogP contribution in [0.3, 0.4) is 0 Å². The second kappa shape index (κ2) is 26.6. The van der Waals surface area contributed by atoms with Crippen LogP contribution in [0.2, 0.25) is 0 Å². The number of hydrogen-bond donors (Lipinski definition) is 2. The fourth-order valence-electron chi connectivity index (χ4n) is 3.36. The summed E-state index contributed by atoms with van der Waals surface area (Å²) < 4.78 is 0. The van der Waals surface area contributed by atoms with Gasteiger partial charge in [0.25, 0.3) is 0 Å². The summed E-state index contributed by atoms with van der Waals surface area (Å²) in [4.78, 5) is 10.2. The van der Waals surface area contributed by atoms with Gasteiger partial charge in [0.05, 0.1) is 0 Å². The number of carbonyl (C=O) groups is 1. The summed E-state index contributed by atoms with van der Waals surface area (Å²) in [6.07, 6.45) is 35.9. The van der Waals surface area contributed by atoms with Crippen LogP contribution < -0.4 is 0 Å². The summed E-state index contributed by atoms with van der Waals surface area (Å²) in [5.74, 6) is 12.3. The fourth-order valence-corrected chi connectivity index (χ4v) is 3.36. The zero-order valence-corrected chi connectivity index (χ0v) is 20.9. The largest absolute Gasteiger partial charge is 0.472 e. The molecule has 34 heavy (non-hydrogen) atoms. The normalized spacial score (nSPS) is 11.8. The zero-order valence-electron chi connectivity index (χ0n) is 20.9. The first-order chi connectivity index (χ1) is 16.7. The van der Waals surface area contributed by atoms with Gasteiger partial charge in [0.1, 0.15) is 6.10 Å². The molecule has 0 spiro atoms. The molecule has 1 unspecified atom stereocenters. The van der Waals surface area contributed by atoms with Crippen LogP contribution in [0.5, 0.6) is 0 Å². The summed E-state index contributed by atoms with van der Waals surface area (Å²) in [6.45, 7) is 0. The monoisotopic (exact) mass is 464 g/mol. The third-order valence-corrected chi connectivity index (χ3v) is 5.30. The van der Waals surface area contributed by atoms with Crippen molar-refractivity contribution in [2.75, 3.05) is 0 Å². The lowest BCUT2D eigenvalue weighted by Crippen LogP contribution is -1.95. The van der Waals surface area contributed by atoms with Crippen molar-refractivity contribution in [1.29, 1.82) is 0 Å². The smallest absolute Gasteiger partial charge is 0.382 e. The lowest BCUT2D eigenvalue weighted by molar-refractivity contribution is -0.130. The topological polar surface area (TPSA) is 57.5 Å². The molecular formula is C31H44O3. The Labute approximate surface area is 208 Å². The van der Waals surface area contributed by atoms with Crippen molar-refractivity contribution in [1.82, 2.24) is 0 Å². The number of carboxylic acids is 1. The number of aliphatic carboxylic acids is 1. The highest BCUT2D eigenvalue weighted by Crippen LogP contribution is 2.11. The molecular weight excluding hydrogens is 420 g/mol. The quantitative estimate of drug-likeness (QED) is 0.119. The molecule has 0 aromatic heterocycles. The van der Waals surface area contributed by atoms with E-state index in [2.05, 4.69) is 41.8 Å². The van der Waals surface area contributed by atoms with Gasteiger partial charge in [-0.15, -0.1) is 12.3 Å². The molecule has 1 atom stereocenters. The minimum absolute atomic E-state index is 0.743. The molecule has 2 N–H and O–H groups in total. The van der Waals surface area contributed by atoms with Crippen LogP contribution in [0.4, 0.5) is 0 Å². The Balaban J connectivity index is 3.33. The standard InChI is InChI=1S/C31H44O3/c1-2-30(32)28-26-24-22-20-18-16-14-12-10-8-6-4-3-5-7-9-11-13-15-17-19-21-23-25-27-29-31(33)34/h1,4,6,23,25-26,28,30,32H,3,5,7-9,11,13-22,24H2,(H,33,34). The summed E-state index contributed by atoms with van der Waals surface area (Å²) in [7, 11) is 0. The van der Waals surface area contributed by atoms with Gasteiger partial charge in [-0.25, -0.2) is 4.79 Å². The summed E-state index contributed by atoms with van der Waals surface area (Å²) in [5, 5.41) is 17.6. The van der Waals surface area contributed by atoms with Crippen LogP contribution in [-0.2, 0) is 4.79 Å². The molecule has 0 fully saturated rings. The highest BCUT2D eigenvalue weighted by molar-refractivity contribution is 5.86. The Hall–Kier alpha value is -2.67. The first-order valence-corrected chi connectivity index (χ1v) is 13.0. The lowest BCUT2D eigenvalue weighted by atomic mass is 10.1. The van der Waals surface area contributed by atoms with Crippen LogP contribution in [0.25, 0.3) is 0 Å². The first-order valence-electron chi connectivity index (χ1n) is 13.0. The van der Waals surface area contributed by atoms with Crippen molar-refractivity contribution in [3.05, 3.63) is 36.5 Å². The molecule has 3 nitrogen and oxygen atoms in total. The van der Waals surface area contributed by atoms with E-state index in [1.54, 1.807) is 12.2 Å². The average molecular weight is 465 g/mol. The maximum absolute atomic E-state index is 10.2. The molecule has 3 heteroatoms. The molecule has 0 radical (unpaired) electrons. The van der Waals surface area contributed by atoms with Gasteiger partial charge < -0.3 is 10.2 Å². The molecule has 0 saturated carbocycles. The number of unbranched alkanes of at least 4 members (excludes halogenated alkanes) is 14. The molecule has 0 aromatic rings. The Kier molecular flexibility index (Phi) is 24.5. The van der Waals surface area contributed by atoms with Crippen molar-refractivity contribution in [2.45, 2.75) is 115 Å². The van der Waals surface area contributed by atoms with Gasteiger partial charge in [0.15, 0.2) is 0 Å². The van der Waals surface area contributed by atoms with Crippen molar-refractivity contribution < 1.29 is 15.0 Å². The van der Waals surface area contributed by atoms with Gasteiger partial charge in [-0.05, 0) is 57.1 Å². The number of aliphatic hydroxyl groups is 1. The number of terminal acetylenes is 1. The van der Waals surface area contributed by atoms with E-state index in [-0.39, 0.29) is 0 Å². The molecule has 0 bridgehead atoms. The minimum Gasteiger partial charge on any atom is -0.472 e. The van der Waals surface area contributed by atoms with Crippen LogP contribution in [0.15, 0.2) is 36.5 Å². The third kappa shape index (κ3) is 27.4. The van der Waals surface area contributed by atoms with Crippen molar-refractivity contribution in [3.63, 3.8) is 0 Å². The van der Waals surface area contributed by atoms with E-state index in [1.807, 2.05) is 12.2 Å². The number of hydrogen-bond acceptors (Lipinski definition) is 2. The maximum atomic E-state index is 10.2. The SMILES string of the molecule is C#CC(O)C=CCCCCCCC#CCC=CCCCCCCCCCCC=CC#CC(=O)O. The molecule has 0 aliphatic carbocycles. The average Bonchev–Trinajstić information content (AvgIpc) is 2.83. The molecule has 0 rings (SSSR count). The molecule has 186 valence electrons. The Morgan fingerprint density at radius 2 is 1.29 bits per heavy atom. The number of allylic oxidation sites excluding steroid dienone is 5. The van der Waals surface area contributed by atoms with E-state index in [4.69, 9.17) is 11.5 Å². The molecule has 0 aromatic carbocycles. The maximum Gasteiger partial charge on any atom is 0.382 e. The third-order valence-electron chi connectivity index (χ3n) is 5.30. The second-order valence-electron chi connectivity index (χ2n) is 8.40. The van der Waals surface area contributed by atoms with Crippen LogP contribution >= 0.6 is 0 Å². The van der Waals surface area contributed by atoms with E-state index in [9.17, 15) is 9.90 Å². The van der Waals surface area contributed by atoms with Gasteiger partial charge in [-0.3, -0.25) is 0 Å². The summed E-state index contributed by atoms with van der Waals surface area (Å²) >= 11 is 0. The first kappa shape index (κ1) is 31.3. The minimum atomic E-state index is -1.08. The van der Waals surface area contributed by atoms with E-state index >= 15 is 0 Å². The Morgan fingerprint density at radius 3 is 1.91 bits per heavy atom. The highest BCUT2D eigenvalue weighted by Gasteiger charge is 1.92. The van der Waals surface area contributed by atoms with Crippen molar-refractivity contribution in [2.24, 2.45) is 0 Å². The predicted molar refractivity (Wildman–Crippen MR) is 144 cm³/mol. The molecule has 0 aliphatic heterocycles. The molecule has 0 saturated heterocycles. The van der Waals surface area contributed by atoms with Crippen LogP contribution in [0, 0.1) is 36.0 Å². The van der Waals surface area contributed by atoms with Gasteiger partial charge in [-0.2, -0.15) is 0 Å². The Morgan fingerprint density at radius 1 is 0.735 bits per heavy atom. The predicted octanol–water partition coefficient (Wildman–Crippen LogP) is 7.37. The molecule has 0 aliphatic rings. The van der Waals surface area contributed by atoms with Crippen molar-refractivity contribution >= 4 is 5.97 Å². The summed E-state index contributed by atoms with van der Waals surface area (Å²) in [5.41, 5.74) is 0. The molecule has 0 heterocycles. The van der Waals surface area contributed by atoms with Crippen LogP contribution in [0.1, 0.15) is 109 Å². The number of aliphatic hydroxyl groups excluding tert-OH is 1. The Bertz CT molecular complexity index is 744. The number of carboxylic acid groups (broad SMARTS) is 1. The van der Waals surface area contributed by atoms with Crippen LogP contribution in [-0.4, -0.2) is 22.3 Å². The highest BCUT2D eigenvalue weighted by atomic mass is 16.4. The van der Waals surface area contributed by atoms with E-state index < -0.39 is 12.1 Å². The van der Waals surface area contributed by atoms with E-state index in [0.29, 0.717) is 0 Å². The van der Waals surface area contributed by atoms with Crippen molar-refractivity contribution in [3.8, 4) is 36.0 Å². The zero-order chi connectivity index (χ0) is 25.0. The molecule has 0 amide bonds. The van der Waals surface area contributed by atoms with E-state index in [0.717, 1.165) is 51.4 Å². The van der Waals surface area contributed by atoms with E-state index in [1.165, 1.54) is 57.8 Å². The second-order valence-corrected chi connectivity index (χ2v) is 8.40. The van der Waals surface area contributed by atoms with Gasteiger partial charge >= 0.3 is 5.97 Å². The summed E-state index contributed by atoms with van der Waals surface area (Å²) in [6, 6.07) is 0. The van der Waals surface area contributed by atoms with Gasteiger partial charge in [-0.1, -0.05) is 93.4 Å². The van der Waals surface area contributed by atoms with Gasteiger partial charge in [0, 0.05) is 18.8 Å². The van der Waals surface area contributed by atoms with Gasteiger partial charge in [0.2, 0.25) is 0 Å².